The summed E-state index contributed by atoms with van der Waals surface area (Å²) in [5, 5.41) is 4.26. The second kappa shape index (κ2) is 8.87. The largest absolute Gasteiger partial charge is 0.362 e. The van der Waals surface area contributed by atoms with E-state index in [-0.39, 0.29) is 5.78 Å². The van der Waals surface area contributed by atoms with Crippen molar-refractivity contribution in [3.8, 4) is 0 Å². The lowest BCUT2D eigenvalue weighted by Crippen LogP contribution is -2.17. The van der Waals surface area contributed by atoms with Gasteiger partial charge >= 0.3 is 0 Å². The van der Waals surface area contributed by atoms with Crippen LogP contribution in [0, 0.1) is 0 Å². The lowest BCUT2D eigenvalue weighted by molar-refractivity contribution is -0.112. The third-order valence-corrected chi connectivity index (χ3v) is 4.74. The van der Waals surface area contributed by atoms with Crippen LogP contribution in [-0.4, -0.2) is 5.78 Å². The van der Waals surface area contributed by atoms with E-state index in [4.69, 9.17) is 11.6 Å². The van der Waals surface area contributed by atoms with Crippen LogP contribution in [0.15, 0.2) is 65.5 Å². The monoisotopic (exact) mass is 355 g/mol. The molecule has 0 radical (unpaired) electrons. The average Bonchev–Trinajstić information content (AvgIpc) is 2.57. The lowest BCUT2D eigenvalue weighted by Gasteiger charge is -2.22. The van der Waals surface area contributed by atoms with E-state index < -0.39 is 0 Å². The number of allylic oxidation sites excluding steroid dienone is 7. The van der Waals surface area contributed by atoms with Crippen LogP contribution >= 0.6 is 11.6 Å². The predicted octanol–water partition coefficient (Wildman–Crippen LogP) is 6.21. The third-order valence-electron chi connectivity index (χ3n) is 4.49. The molecule has 0 aliphatic heterocycles. The zero-order valence-electron chi connectivity index (χ0n) is 15.3. The van der Waals surface area contributed by atoms with Crippen molar-refractivity contribution in [3.05, 3.63) is 76.1 Å². The minimum atomic E-state index is 0.0160. The van der Waals surface area contributed by atoms with Crippen molar-refractivity contribution in [2.45, 2.75) is 46.5 Å². The number of hydrogen-bond donors (Lipinski definition) is 1. The van der Waals surface area contributed by atoms with Crippen molar-refractivity contribution in [3.63, 3.8) is 0 Å². The summed E-state index contributed by atoms with van der Waals surface area (Å²) in [5.41, 5.74) is 6.51. The van der Waals surface area contributed by atoms with Gasteiger partial charge in [0.2, 0.25) is 0 Å². The first-order chi connectivity index (χ1) is 11.9. The molecule has 2 nitrogen and oxygen atoms in total. The lowest BCUT2D eigenvalue weighted by atomic mass is 9.95. The molecule has 2 rings (SSSR count). The van der Waals surface area contributed by atoms with Crippen molar-refractivity contribution in [1.29, 1.82) is 0 Å². The van der Waals surface area contributed by atoms with Gasteiger partial charge in [0.05, 0.1) is 0 Å². The van der Waals surface area contributed by atoms with Gasteiger partial charge in [-0.2, -0.15) is 0 Å². The van der Waals surface area contributed by atoms with Gasteiger partial charge in [0.25, 0.3) is 0 Å². The molecule has 132 valence electrons. The Hall–Kier alpha value is -2.06. The molecule has 0 aromatic heterocycles. The maximum atomic E-state index is 11.4. The summed E-state index contributed by atoms with van der Waals surface area (Å²) >= 11 is 5.99. The summed E-state index contributed by atoms with van der Waals surface area (Å²) in [4.78, 5) is 11.4. The smallest absolute Gasteiger partial charge is 0.152 e. The quantitative estimate of drug-likeness (QED) is 0.485. The van der Waals surface area contributed by atoms with Crippen molar-refractivity contribution < 1.29 is 4.79 Å². The fourth-order valence-corrected chi connectivity index (χ4v) is 3.10. The van der Waals surface area contributed by atoms with Crippen LogP contribution in [-0.2, 0) is 4.79 Å². The number of carbonyl (C=O) groups excluding carboxylic acids is 1. The van der Waals surface area contributed by atoms with Crippen molar-refractivity contribution >= 4 is 23.0 Å². The molecule has 25 heavy (non-hydrogen) atoms. The molecule has 0 fully saturated rings. The van der Waals surface area contributed by atoms with Gasteiger partial charge in [-0.15, -0.1) is 0 Å². The first kappa shape index (κ1) is 19.3. The van der Waals surface area contributed by atoms with Crippen LogP contribution in [0.4, 0.5) is 0 Å². The summed E-state index contributed by atoms with van der Waals surface area (Å²) < 4.78 is 0. The molecule has 0 heterocycles. The number of hydrogen-bond acceptors (Lipinski definition) is 2. The van der Waals surface area contributed by atoms with E-state index in [1.165, 1.54) is 24.1 Å². The maximum absolute atomic E-state index is 11.4. The Morgan fingerprint density at radius 2 is 1.76 bits per heavy atom. The molecule has 1 aromatic rings. The summed E-state index contributed by atoms with van der Waals surface area (Å²) in [6.45, 7) is 10.0. The Morgan fingerprint density at radius 1 is 1.12 bits per heavy atom. The van der Waals surface area contributed by atoms with Crippen molar-refractivity contribution in [2.24, 2.45) is 0 Å². The fraction of sp³-hybridized carbons (Fsp3) is 0.318. The molecule has 1 aliphatic carbocycles. The van der Waals surface area contributed by atoms with E-state index >= 15 is 0 Å². The molecule has 0 spiro atoms. The van der Waals surface area contributed by atoms with Crippen LogP contribution < -0.4 is 5.32 Å². The highest BCUT2D eigenvalue weighted by atomic mass is 35.5. The van der Waals surface area contributed by atoms with Gasteiger partial charge in [0.1, 0.15) is 0 Å². The molecule has 0 amide bonds. The second-order valence-corrected chi connectivity index (χ2v) is 7.00. The van der Waals surface area contributed by atoms with Gasteiger partial charge in [-0.1, -0.05) is 35.9 Å². The Labute approximate surface area is 156 Å². The van der Waals surface area contributed by atoms with E-state index in [1.54, 1.807) is 13.0 Å². The number of carbonyl (C=O) groups is 1. The van der Waals surface area contributed by atoms with E-state index in [1.807, 2.05) is 37.3 Å². The summed E-state index contributed by atoms with van der Waals surface area (Å²) in [5.74, 6) is 0.0160. The highest BCUT2D eigenvalue weighted by Gasteiger charge is 2.12. The number of ketones is 1. The normalized spacial score (nSPS) is 16.0. The van der Waals surface area contributed by atoms with E-state index in [2.05, 4.69) is 18.8 Å². The van der Waals surface area contributed by atoms with Crippen LogP contribution in [0.3, 0.4) is 0 Å². The molecule has 0 unspecified atom stereocenters. The zero-order chi connectivity index (χ0) is 18.4. The van der Waals surface area contributed by atoms with Gasteiger partial charge in [0.15, 0.2) is 5.78 Å². The SMILES string of the molecule is C=C(C(/C=C\C(C)=O)=C(/C)NC1=C(C)CCCC1)c1ccc(Cl)cc1. The topological polar surface area (TPSA) is 29.1 Å². The number of halogens is 1. The average molecular weight is 356 g/mol. The predicted molar refractivity (Wildman–Crippen MR) is 107 cm³/mol. The highest BCUT2D eigenvalue weighted by Crippen LogP contribution is 2.28. The molecule has 1 aliphatic rings. The van der Waals surface area contributed by atoms with Gasteiger partial charge < -0.3 is 5.32 Å². The van der Waals surface area contributed by atoms with Crippen LogP contribution in [0.1, 0.15) is 52.0 Å². The van der Waals surface area contributed by atoms with Crippen LogP contribution in [0.5, 0.6) is 0 Å². The molecule has 0 saturated carbocycles. The first-order valence-electron chi connectivity index (χ1n) is 8.69. The fourth-order valence-electron chi connectivity index (χ4n) is 2.98. The molecular formula is C22H26ClNO. The molecule has 1 N–H and O–H groups in total. The standard InChI is InChI=1S/C22H26ClNO/c1-15-7-5-6-8-22(15)24-18(4)21(14-9-16(2)25)17(3)19-10-12-20(23)13-11-19/h9-14,24H,3,5-8H2,1-2,4H3/b14-9-,21-18-. The summed E-state index contributed by atoms with van der Waals surface area (Å²) in [6, 6.07) is 7.60. The van der Waals surface area contributed by atoms with Gasteiger partial charge in [-0.3, -0.25) is 4.79 Å². The van der Waals surface area contributed by atoms with Gasteiger partial charge in [-0.25, -0.2) is 0 Å². The van der Waals surface area contributed by atoms with Gasteiger partial charge in [0, 0.05) is 22.0 Å². The molecular weight excluding hydrogens is 330 g/mol. The minimum absolute atomic E-state index is 0.0160. The molecule has 0 atom stereocenters. The maximum Gasteiger partial charge on any atom is 0.152 e. The molecule has 3 heteroatoms. The van der Waals surface area contributed by atoms with Crippen molar-refractivity contribution in [1.82, 2.24) is 5.32 Å². The second-order valence-electron chi connectivity index (χ2n) is 6.56. The number of nitrogens with one attached hydrogen (secondary N) is 1. The highest BCUT2D eigenvalue weighted by molar-refractivity contribution is 6.30. The molecule has 0 bridgehead atoms. The Bertz CT molecular complexity index is 751. The molecule has 0 saturated heterocycles. The van der Waals surface area contributed by atoms with E-state index in [0.717, 1.165) is 35.2 Å². The van der Waals surface area contributed by atoms with E-state index in [0.29, 0.717) is 5.02 Å². The first-order valence-corrected chi connectivity index (χ1v) is 9.06. The zero-order valence-corrected chi connectivity index (χ0v) is 16.0. The minimum Gasteiger partial charge on any atom is -0.362 e. The Morgan fingerprint density at radius 3 is 2.36 bits per heavy atom. The number of rotatable bonds is 6. The van der Waals surface area contributed by atoms with E-state index in [9.17, 15) is 4.79 Å². The summed E-state index contributed by atoms with van der Waals surface area (Å²) in [7, 11) is 0. The van der Waals surface area contributed by atoms with Crippen LogP contribution in [0.25, 0.3) is 5.57 Å². The van der Waals surface area contributed by atoms with Crippen molar-refractivity contribution in [2.75, 3.05) is 0 Å². The molecule has 1 aromatic carbocycles. The third kappa shape index (κ3) is 5.47. The Balaban J connectivity index is 2.38. The summed E-state index contributed by atoms with van der Waals surface area (Å²) in [6.07, 6.45) is 8.12. The van der Waals surface area contributed by atoms with Crippen LogP contribution in [0.2, 0.25) is 5.02 Å². The Kier molecular flexibility index (Phi) is 6.83. The number of benzene rings is 1. The van der Waals surface area contributed by atoms with Gasteiger partial charge in [-0.05, 0) is 81.9 Å².